The molecule has 77 heavy (non-hydrogen) atoms. The fraction of sp³-hybridized carbons (Fsp3) is 0.963. The summed E-state index contributed by atoms with van der Waals surface area (Å²) in [6.07, 6.45) is -22.9. The second-order valence-electron chi connectivity index (χ2n) is 26.3. The molecule has 446 valence electrons. The van der Waals surface area contributed by atoms with Gasteiger partial charge in [-0.05, 0) is 112 Å². The van der Waals surface area contributed by atoms with Gasteiger partial charge in [-0.1, -0.05) is 53.7 Å². The van der Waals surface area contributed by atoms with Gasteiger partial charge >= 0.3 is 0 Å². The van der Waals surface area contributed by atoms with E-state index in [1.807, 2.05) is 6.92 Å². The van der Waals surface area contributed by atoms with Gasteiger partial charge in [-0.3, -0.25) is 0 Å². The lowest BCUT2D eigenvalue weighted by molar-refractivity contribution is -0.378. The zero-order valence-corrected chi connectivity index (χ0v) is 46.0. The van der Waals surface area contributed by atoms with Gasteiger partial charge in [-0.25, -0.2) is 0 Å². The second kappa shape index (κ2) is 22.4. The highest BCUT2D eigenvalue weighted by molar-refractivity contribution is 5.24. The van der Waals surface area contributed by atoms with Gasteiger partial charge in [0.15, 0.2) is 25.2 Å². The number of ether oxygens (including phenoxy) is 8. The second-order valence-corrected chi connectivity index (χ2v) is 26.3. The van der Waals surface area contributed by atoms with Crippen LogP contribution in [0.1, 0.15) is 114 Å². The maximum Gasteiger partial charge on any atom is 0.187 e. The normalized spacial score (nSPS) is 52.9. The van der Waals surface area contributed by atoms with Crippen LogP contribution in [0.3, 0.4) is 0 Å². The van der Waals surface area contributed by atoms with Crippen LogP contribution in [0.2, 0.25) is 0 Å². The van der Waals surface area contributed by atoms with E-state index in [0.29, 0.717) is 32.1 Å². The first-order valence-electron chi connectivity index (χ1n) is 27.7. The predicted octanol–water partition coefficient (Wildman–Crippen LogP) is -2.20. The summed E-state index contributed by atoms with van der Waals surface area (Å²) in [5, 5.41) is 162. The summed E-state index contributed by atoms with van der Waals surface area (Å²) in [5.74, 6) is -0.383. The largest absolute Gasteiger partial charge is 0.394 e. The van der Waals surface area contributed by atoms with E-state index in [9.17, 15) is 76.6 Å². The Morgan fingerprint density at radius 2 is 1.05 bits per heavy atom. The van der Waals surface area contributed by atoms with Gasteiger partial charge in [0.05, 0.1) is 49.8 Å². The average Bonchev–Trinajstić information content (AvgIpc) is 3.83. The minimum Gasteiger partial charge on any atom is -0.394 e. The van der Waals surface area contributed by atoms with Crippen molar-refractivity contribution >= 4 is 0 Å². The van der Waals surface area contributed by atoms with Gasteiger partial charge in [0.2, 0.25) is 0 Å². The van der Waals surface area contributed by atoms with Crippen molar-refractivity contribution in [2.75, 3.05) is 26.4 Å². The molecule has 0 amide bonds. The van der Waals surface area contributed by atoms with Gasteiger partial charge in [-0.2, -0.15) is 0 Å². The molecule has 4 saturated carbocycles. The fourth-order valence-electron chi connectivity index (χ4n) is 16.4. The van der Waals surface area contributed by atoms with Crippen LogP contribution in [0.5, 0.6) is 0 Å². The highest BCUT2D eigenvalue weighted by atomic mass is 16.8. The summed E-state index contributed by atoms with van der Waals surface area (Å²) in [5.41, 5.74) is -5.13. The van der Waals surface area contributed by atoms with Crippen LogP contribution in [0.15, 0.2) is 12.2 Å². The zero-order valence-electron chi connectivity index (χ0n) is 46.0. The molecule has 29 unspecified atom stereocenters. The third-order valence-corrected chi connectivity index (χ3v) is 21.2. The lowest BCUT2D eigenvalue weighted by atomic mass is 9.34. The molecular formula is C54H92O23. The standard InChI is InChI=1S/C54H92O23/c1-48(2,69)13-10-14-54(9,77-46-41(68)37(64)35(62)28(74-46)23-70-44-39(66)34(61)27(22-57)71-44)53(8)18-17-52(7)43(53)24(58)19-30-50(5)15-12-31(49(3,4)29(50)11-16-51(30,52)6)75-47-42(38(65)33(60)26(21-56)73-47)76-45-40(67)36(63)32(59)25(20-55)72-45/h10,13,24-47,55-69H,11-12,14-23H2,1-9H3. The van der Waals surface area contributed by atoms with Crippen LogP contribution in [0.4, 0.5) is 0 Å². The Kier molecular flexibility index (Phi) is 18.0. The number of rotatable bonds is 16. The first kappa shape index (κ1) is 61.9. The van der Waals surface area contributed by atoms with Gasteiger partial charge in [0.25, 0.3) is 0 Å². The van der Waals surface area contributed by atoms with Crippen molar-refractivity contribution in [3.63, 3.8) is 0 Å². The third kappa shape index (κ3) is 10.6. The molecular weight excluding hydrogens is 1020 g/mol. The van der Waals surface area contributed by atoms with Crippen molar-refractivity contribution in [1.82, 2.24) is 0 Å². The van der Waals surface area contributed by atoms with Crippen LogP contribution < -0.4 is 0 Å². The Labute approximate surface area is 450 Å². The predicted molar refractivity (Wildman–Crippen MR) is 266 cm³/mol. The maximum absolute atomic E-state index is 13.0. The van der Waals surface area contributed by atoms with Gasteiger partial charge in [-0.15, -0.1) is 0 Å². The van der Waals surface area contributed by atoms with E-state index >= 15 is 0 Å². The van der Waals surface area contributed by atoms with Crippen LogP contribution in [0, 0.1) is 44.8 Å². The molecule has 4 aliphatic heterocycles. The van der Waals surface area contributed by atoms with Gasteiger partial charge < -0.3 is 114 Å². The van der Waals surface area contributed by atoms with Gasteiger partial charge in [0.1, 0.15) is 91.6 Å². The number of aliphatic hydroxyl groups excluding tert-OH is 14. The van der Waals surface area contributed by atoms with Gasteiger partial charge in [0, 0.05) is 5.41 Å². The summed E-state index contributed by atoms with van der Waals surface area (Å²) in [6.45, 7) is 15.9. The molecule has 0 aromatic heterocycles. The minimum atomic E-state index is -1.82. The number of hydrogen-bond acceptors (Lipinski definition) is 23. The Morgan fingerprint density at radius 1 is 0.532 bits per heavy atom. The van der Waals surface area contributed by atoms with Crippen molar-refractivity contribution in [2.24, 2.45) is 44.8 Å². The van der Waals surface area contributed by atoms with Crippen molar-refractivity contribution in [1.29, 1.82) is 0 Å². The lowest BCUT2D eigenvalue weighted by Crippen LogP contribution is -2.69. The first-order chi connectivity index (χ1) is 35.8. The Hall–Kier alpha value is -1.18. The first-order valence-corrected chi connectivity index (χ1v) is 27.7. The van der Waals surface area contributed by atoms with Crippen molar-refractivity contribution in [3.8, 4) is 0 Å². The molecule has 4 saturated heterocycles. The maximum atomic E-state index is 13.0. The summed E-state index contributed by atoms with van der Waals surface area (Å²) < 4.78 is 48.9. The van der Waals surface area contributed by atoms with E-state index in [4.69, 9.17) is 37.9 Å². The molecule has 4 aliphatic carbocycles. The molecule has 29 atom stereocenters. The number of hydrogen-bond donors (Lipinski definition) is 15. The molecule has 8 fully saturated rings. The average molecular weight is 1110 g/mol. The Balaban J connectivity index is 1.04. The van der Waals surface area contributed by atoms with E-state index < -0.39 is 189 Å². The molecule has 0 aromatic rings. The molecule has 23 heteroatoms. The Morgan fingerprint density at radius 3 is 1.65 bits per heavy atom. The Bertz CT molecular complexity index is 2030. The monoisotopic (exact) mass is 1110 g/mol. The van der Waals surface area contributed by atoms with Crippen LogP contribution in [0.25, 0.3) is 0 Å². The van der Waals surface area contributed by atoms with E-state index in [-0.39, 0.29) is 29.1 Å². The summed E-state index contributed by atoms with van der Waals surface area (Å²) in [7, 11) is 0. The molecule has 4 heterocycles. The molecule has 0 bridgehead atoms. The quantitative estimate of drug-likeness (QED) is 0.0576. The highest BCUT2D eigenvalue weighted by Crippen LogP contribution is 2.78. The molecule has 23 nitrogen and oxygen atoms in total. The smallest absolute Gasteiger partial charge is 0.187 e. The number of fused-ring (bicyclic) bond motifs is 5. The molecule has 0 radical (unpaired) electrons. The van der Waals surface area contributed by atoms with Crippen LogP contribution in [-0.4, -0.2) is 243 Å². The molecule has 0 spiro atoms. The van der Waals surface area contributed by atoms with E-state index in [0.717, 1.165) is 12.8 Å². The van der Waals surface area contributed by atoms with Crippen molar-refractivity contribution < 1.29 is 114 Å². The molecule has 0 aromatic carbocycles. The molecule has 15 N–H and O–H groups in total. The third-order valence-electron chi connectivity index (χ3n) is 21.2. The van der Waals surface area contributed by atoms with Crippen molar-refractivity contribution in [2.45, 2.75) is 254 Å². The summed E-state index contributed by atoms with van der Waals surface area (Å²) >= 11 is 0. The van der Waals surface area contributed by atoms with Crippen LogP contribution in [-0.2, 0) is 37.9 Å². The van der Waals surface area contributed by atoms with E-state index in [1.54, 1.807) is 26.0 Å². The minimum absolute atomic E-state index is 0.00389. The number of aliphatic hydroxyl groups is 15. The SMILES string of the molecule is CC(C)(O)C=CCC(C)(OC1OC(COC2OC(CO)C(O)C2O)C(O)C(O)C1O)C1(C)CCC2(C)C1C(O)CC1C3(C)CCC(OC4OC(CO)C(O)C(O)C4OC4OC(CO)C(O)C(O)C4O)C(C)(C)C3CCC12C. The lowest BCUT2D eigenvalue weighted by Gasteiger charge is -2.71. The molecule has 8 aliphatic rings. The van der Waals surface area contributed by atoms with E-state index in [2.05, 4.69) is 41.5 Å². The van der Waals surface area contributed by atoms with E-state index in [1.165, 1.54) is 0 Å². The topological polar surface area (TPSA) is 377 Å². The fourth-order valence-corrected chi connectivity index (χ4v) is 16.4. The highest BCUT2D eigenvalue weighted by Gasteiger charge is 2.75. The zero-order chi connectivity index (χ0) is 56.9. The summed E-state index contributed by atoms with van der Waals surface area (Å²) in [6, 6.07) is 0. The summed E-state index contributed by atoms with van der Waals surface area (Å²) in [4.78, 5) is 0. The van der Waals surface area contributed by atoms with Crippen LogP contribution >= 0.6 is 0 Å². The van der Waals surface area contributed by atoms with Crippen molar-refractivity contribution in [3.05, 3.63) is 12.2 Å². The molecule has 8 rings (SSSR count).